The molecule has 1 aliphatic heterocycles. The van der Waals surface area contributed by atoms with E-state index in [2.05, 4.69) is 0 Å². The van der Waals surface area contributed by atoms with E-state index in [-0.39, 0.29) is 12.3 Å². The number of thioether (sulfide) groups is 1. The lowest BCUT2D eigenvalue weighted by Crippen LogP contribution is -2.56. The van der Waals surface area contributed by atoms with E-state index in [4.69, 9.17) is 23.4 Å². The molecule has 0 radical (unpaired) electrons. The number of ether oxygens (including phenoxy) is 4. The molecule has 1 aliphatic rings. The van der Waals surface area contributed by atoms with Crippen molar-refractivity contribution in [1.29, 1.82) is 0 Å². The number of fused-ring (bicyclic) bond motifs is 1. The van der Waals surface area contributed by atoms with Crippen LogP contribution in [0.3, 0.4) is 0 Å². The van der Waals surface area contributed by atoms with Crippen LogP contribution >= 0.6 is 11.8 Å². The maximum Gasteiger partial charge on any atom is 0.336 e. The minimum Gasteiger partial charge on any atom is -0.476 e. The first kappa shape index (κ1) is 25.6. The fourth-order valence-corrected chi connectivity index (χ4v) is 4.79. The standard InChI is InChI=1S/C23H27NO9S/c1-12-8-19(27)32-17-9-15(6-7-16(12)17)31-23-22(30-14(3)26)21(33-20(28)10-24(4)5)18(11-34-23)29-13(2)25/h6-9,18,21-23H,10-11H2,1-5H3/t18-,21+,22-,23+/m1/s1. The molecular weight excluding hydrogens is 466 g/mol. The maximum atomic E-state index is 12.4. The number of hydrogen-bond donors (Lipinski definition) is 0. The second-order valence-corrected chi connectivity index (χ2v) is 9.27. The molecule has 3 rings (SSSR count). The number of hydrogen-bond acceptors (Lipinski definition) is 11. The lowest BCUT2D eigenvalue weighted by atomic mass is 10.1. The number of nitrogens with zero attached hydrogens (tertiary/aromatic N) is 1. The summed E-state index contributed by atoms with van der Waals surface area (Å²) >= 11 is 1.24. The van der Waals surface area contributed by atoms with Crippen molar-refractivity contribution in [3.8, 4) is 5.75 Å². The first-order valence-corrected chi connectivity index (χ1v) is 11.6. The average molecular weight is 494 g/mol. The molecule has 2 aromatic rings. The summed E-state index contributed by atoms with van der Waals surface area (Å²) in [5.74, 6) is -1.14. The van der Waals surface area contributed by atoms with Crippen LogP contribution in [0, 0.1) is 6.92 Å². The molecule has 0 unspecified atom stereocenters. The highest BCUT2D eigenvalue weighted by molar-refractivity contribution is 7.99. The number of likely N-dealkylation sites (N-methyl/N-ethyl adjacent to an activating group) is 1. The summed E-state index contributed by atoms with van der Waals surface area (Å²) in [6, 6.07) is 6.43. The highest BCUT2D eigenvalue weighted by Crippen LogP contribution is 2.35. The normalized spacial score (nSPS) is 22.3. The van der Waals surface area contributed by atoms with Gasteiger partial charge in [0, 0.05) is 37.1 Å². The third kappa shape index (κ3) is 6.51. The van der Waals surface area contributed by atoms with Gasteiger partial charge in [0.1, 0.15) is 11.3 Å². The second kappa shape index (κ2) is 10.9. The van der Waals surface area contributed by atoms with Crippen LogP contribution in [0.15, 0.2) is 33.5 Å². The van der Waals surface area contributed by atoms with Crippen LogP contribution in [-0.4, -0.2) is 72.9 Å². The molecule has 0 N–H and O–H groups in total. The van der Waals surface area contributed by atoms with Gasteiger partial charge in [0.2, 0.25) is 0 Å². The van der Waals surface area contributed by atoms with E-state index in [1.807, 2.05) is 0 Å². The van der Waals surface area contributed by atoms with Gasteiger partial charge in [-0.15, -0.1) is 11.8 Å². The van der Waals surface area contributed by atoms with Crippen LogP contribution in [0.2, 0.25) is 0 Å². The Kier molecular flexibility index (Phi) is 8.21. The van der Waals surface area contributed by atoms with Crippen LogP contribution in [-0.2, 0) is 28.6 Å². The second-order valence-electron chi connectivity index (χ2n) is 8.14. The molecule has 1 fully saturated rings. The van der Waals surface area contributed by atoms with E-state index in [9.17, 15) is 19.2 Å². The zero-order valence-corrected chi connectivity index (χ0v) is 20.4. The van der Waals surface area contributed by atoms with Crippen molar-refractivity contribution in [1.82, 2.24) is 4.90 Å². The van der Waals surface area contributed by atoms with Gasteiger partial charge in [0.05, 0.1) is 6.54 Å². The van der Waals surface area contributed by atoms with E-state index >= 15 is 0 Å². The Hall–Kier alpha value is -3.05. The molecule has 11 heteroatoms. The SMILES string of the molecule is CC(=O)O[C@@H]1[C@@H](OC(=O)CN(C)C)[C@H](OC(C)=O)CS[C@@H]1Oc1ccc2c(C)cc(=O)oc2c1. The Morgan fingerprint density at radius 1 is 1.06 bits per heavy atom. The molecule has 4 atom stereocenters. The Bertz CT molecular complexity index is 1130. The number of carbonyl (C=O) groups is 3. The number of esters is 3. The Labute approximate surface area is 200 Å². The molecular formula is C23H27NO9S. The summed E-state index contributed by atoms with van der Waals surface area (Å²) in [5.41, 5.74) is -0.162. The van der Waals surface area contributed by atoms with Crippen molar-refractivity contribution >= 4 is 40.6 Å². The fraction of sp³-hybridized carbons (Fsp3) is 0.478. The minimum atomic E-state index is -1.08. The van der Waals surface area contributed by atoms with Gasteiger partial charge in [0.25, 0.3) is 0 Å². The molecule has 10 nitrogen and oxygen atoms in total. The zero-order valence-electron chi connectivity index (χ0n) is 19.6. The summed E-state index contributed by atoms with van der Waals surface area (Å²) in [7, 11) is 3.41. The number of carbonyl (C=O) groups excluding carboxylic acids is 3. The first-order chi connectivity index (χ1) is 16.0. The molecule has 0 bridgehead atoms. The third-order valence-corrected chi connectivity index (χ3v) is 6.10. The largest absolute Gasteiger partial charge is 0.476 e. The van der Waals surface area contributed by atoms with Crippen LogP contribution in [0.5, 0.6) is 5.75 Å². The maximum absolute atomic E-state index is 12.4. The number of benzene rings is 1. The van der Waals surface area contributed by atoms with Crippen molar-refractivity contribution in [2.75, 3.05) is 26.4 Å². The molecule has 1 aromatic heterocycles. The van der Waals surface area contributed by atoms with Crippen molar-refractivity contribution in [3.63, 3.8) is 0 Å². The molecule has 1 aromatic carbocycles. The molecule has 0 amide bonds. The van der Waals surface area contributed by atoms with Crippen molar-refractivity contribution in [2.45, 2.75) is 44.5 Å². The van der Waals surface area contributed by atoms with Gasteiger partial charge in [-0.25, -0.2) is 4.79 Å². The molecule has 1 saturated heterocycles. The highest BCUT2D eigenvalue weighted by atomic mass is 32.2. The minimum absolute atomic E-state index is 0.0161. The summed E-state index contributed by atoms with van der Waals surface area (Å²) in [4.78, 5) is 49.4. The van der Waals surface area contributed by atoms with E-state index < -0.39 is 47.3 Å². The number of aryl methyl sites for hydroxylation is 1. The van der Waals surface area contributed by atoms with Crippen LogP contribution in [0.25, 0.3) is 11.0 Å². The van der Waals surface area contributed by atoms with Crippen LogP contribution in [0.1, 0.15) is 19.4 Å². The van der Waals surface area contributed by atoms with Crippen LogP contribution < -0.4 is 10.4 Å². The summed E-state index contributed by atoms with van der Waals surface area (Å²) in [6.07, 6.45) is -2.98. The molecule has 184 valence electrons. The molecule has 34 heavy (non-hydrogen) atoms. The van der Waals surface area contributed by atoms with E-state index in [1.165, 1.54) is 31.7 Å². The van der Waals surface area contributed by atoms with Crippen molar-refractivity contribution in [3.05, 3.63) is 40.2 Å². The molecule has 0 spiro atoms. The Balaban J connectivity index is 1.91. The van der Waals surface area contributed by atoms with Gasteiger partial charge in [-0.2, -0.15) is 0 Å². The molecule has 0 saturated carbocycles. The van der Waals surface area contributed by atoms with E-state index in [0.29, 0.717) is 11.3 Å². The summed E-state index contributed by atoms with van der Waals surface area (Å²) < 4.78 is 27.8. The third-order valence-electron chi connectivity index (χ3n) is 4.89. The molecule has 2 heterocycles. The monoisotopic (exact) mass is 493 g/mol. The zero-order chi connectivity index (χ0) is 25.0. The summed E-state index contributed by atoms with van der Waals surface area (Å²) in [6.45, 7) is 4.26. The summed E-state index contributed by atoms with van der Waals surface area (Å²) in [5, 5.41) is 0.755. The fourth-order valence-electron chi connectivity index (χ4n) is 3.58. The predicted molar refractivity (Wildman–Crippen MR) is 124 cm³/mol. The first-order valence-electron chi connectivity index (χ1n) is 10.5. The Morgan fingerprint density at radius 3 is 2.41 bits per heavy atom. The van der Waals surface area contributed by atoms with Crippen LogP contribution in [0.4, 0.5) is 0 Å². The van der Waals surface area contributed by atoms with E-state index in [0.717, 1.165) is 10.9 Å². The van der Waals surface area contributed by atoms with Gasteiger partial charge < -0.3 is 23.4 Å². The number of rotatable bonds is 7. The van der Waals surface area contributed by atoms with Gasteiger partial charge in [-0.3, -0.25) is 19.3 Å². The Morgan fingerprint density at radius 2 is 1.76 bits per heavy atom. The van der Waals surface area contributed by atoms with Gasteiger partial charge in [0.15, 0.2) is 23.7 Å². The van der Waals surface area contributed by atoms with E-state index in [1.54, 1.807) is 44.1 Å². The smallest absolute Gasteiger partial charge is 0.336 e. The lowest BCUT2D eigenvalue weighted by Gasteiger charge is -2.40. The van der Waals surface area contributed by atoms with Crippen molar-refractivity contribution < 1.29 is 37.7 Å². The average Bonchev–Trinajstić information content (AvgIpc) is 2.70. The van der Waals surface area contributed by atoms with Gasteiger partial charge in [-0.05, 0) is 38.7 Å². The van der Waals surface area contributed by atoms with Gasteiger partial charge in [-0.1, -0.05) is 0 Å². The lowest BCUT2D eigenvalue weighted by molar-refractivity contribution is -0.188. The molecule has 0 aliphatic carbocycles. The topological polar surface area (TPSA) is 122 Å². The predicted octanol–water partition coefficient (Wildman–Crippen LogP) is 1.89. The quantitative estimate of drug-likeness (QED) is 0.319. The van der Waals surface area contributed by atoms with Gasteiger partial charge >= 0.3 is 23.5 Å². The highest BCUT2D eigenvalue weighted by Gasteiger charge is 2.48. The van der Waals surface area contributed by atoms with Crippen molar-refractivity contribution in [2.24, 2.45) is 0 Å².